The average Bonchev–Trinajstić information content (AvgIpc) is 2.97. The number of nitrogen functional groups attached to an aromatic ring is 1. The zero-order chi connectivity index (χ0) is 28.2. The third-order valence-electron chi connectivity index (χ3n) is 6.66. The number of pyridine rings is 2. The molecule has 0 saturated carbocycles. The second kappa shape index (κ2) is 11.3. The molecule has 0 bridgehead atoms. The lowest BCUT2D eigenvalue weighted by Crippen LogP contribution is -2.30. The number of hydrogen-bond acceptors (Lipinski definition) is 8. The molecule has 2 amide bonds. The number of amides is 2. The minimum Gasteiger partial charge on any atom is -0.452 e. The van der Waals surface area contributed by atoms with Gasteiger partial charge in [0.2, 0.25) is 5.43 Å². The van der Waals surface area contributed by atoms with Crippen molar-refractivity contribution in [3.8, 4) is 11.5 Å². The smallest absolute Gasteiger partial charge is 0.255 e. The van der Waals surface area contributed by atoms with Crippen LogP contribution in [-0.4, -0.2) is 39.9 Å². The van der Waals surface area contributed by atoms with Gasteiger partial charge in [0.15, 0.2) is 11.3 Å². The van der Waals surface area contributed by atoms with Gasteiger partial charge in [0, 0.05) is 55.3 Å². The SMILES string of the molecule is Cc1c2oc3c(C)ccc(C(=O)NCCc4ccccn4)c3nc-2c(C(=O)NCCc2ccccn2)c(N)c1=O. The van der Waals surface area contributed by atoms with Crippen molar-refractivity contribution >= 4 is 28.6 Å². The van der Waals surface area contributed by atoms with Gasteiger partial charge >= 0.3 is 0 Å². The van der Waals surface area contributed by atoms with E-state index in [4.69, 9.17) is 15.1 Å². The monoisotopic (exact) mass is 536 g/mol. The fourth-order valence-electron chi connectivity index (χ4n) is 4.49. The van der Waals surface area contributed by atoms with Crippen molar-refractivity contribution in [2.45, 2.75) is 26.7 Å². The largest absolute Gasteiger partial charge is 0.452 e. The summed E-state index contributed by atoms with van der Waals surface area (Å²) in [5.41, 5.74) is 8.98. The second-order valence-electron chi connectivity index (χ2n) is 9.40. The maximum absolute atomic E-state index is 13.3. The van der Waals surface area contributed by atoms with Crippen molar-refractivity contribution in [3.63, 3.8) is 0 Å². The van der Waals surface area contributed by atoms with Crippen molar-refractivity contribution in [1.29, 1.82) is 0 Å². The zero-order valence-electron chi connectivity index (χ0n) is 22.2. The lowest BCUT2D eigenvalue weighted by atomic mass is 9.99. The predicted molar refractivity (Wildman–Crippen MR) is 151 cm³/mol. The third kappa shape index (κ3) is 5.24. The average molecular weight is 537 g/mol. The third-order valence-corrected chi connectivity index (χ3v) is 6.66. The van der Waals surface area contributed by atoms with E-state index in [9.17, 15) is 14.4 Å². The lowest BCUT2D eigenvalue weighted by molar-refractivity contribution is 0.0947. The van der Waals surface area contributed by atoms with Crippen molar-refractivity contribution < 1.29 is 14.0 Å². The first kappa shape index (κ1) is 26.5. The van der Waals surface area contributed by atoms with Gasteiger partial charge in [-0.3, -0.25) is 24.4 Å². The number of fused-ring (bicyclic) bond motifs is 2. The Kier molecular flexibility index (Phi) is 7.50. The minimum atomic E-state index is -0.563. The molecular formula is C30H28N6O4. The van der Waals surface area contributed by atoms with Crippen molar-refractivity contribution in [3.05, 3.63) is 105 Å². The summed E-state index contributed by atoms with van der Waals surface area (Å²) in [5, 5.41) is 5.70. The van der Waals surface area contributed by atoms with E-state index in [0.29, 0.717) is 25.0 Å². The molecule has 202 valence electrons. The van der Waals surface area contributed by atoms with Crippen LogP contribution in [0.2, 0.25) is 0 Å². The normalized spacial score (nSPS) is 11.1. The Hall–Kier alpha value is -5.12. The van der Waals surface area contributed by atoms with E-state index >= 15 is 0 Å². The maximum Gasteiger partial charge on any atom is 0.255 e. The van der Waals surface area contributed by atoms with E-state index in [-0.39, 0.29) is 51.8 Å². The van der Waals surface area contributed by atoms with Crippen LogP contribution < -0.4 is 21.8 Å². The van der Waals surface area contributed by atoms with Crippen LogP contribution in [0, 0.1) is 13.8 Å². The summed E-state index contributed by atoms with van der Waals surface area (Å²) < 4.78 is 6.17. The molecule has 1 aliphatic heterocycles. The highest BCUT2D eigenvalue weighted by atomic mass is 16.3. The van der Waals surface area contributed by atoms with Crippen LogP contribution in [0.15, 0.2) is 70.1 Å². The fraction of sp³-hybridized carbons (Fsp3) is 0.200. The van der Waals surface area contributed by atoms with Crippen LogP contribution in [-0.2, 0) is 12.8 Å². The minimum absolute atomic E-state index is 0.0831. The van der Waals surface area contributed by atoms with Crippen LogP contribution in [0.25, 0.3) is 22.6 Å². The van der Waals surface area contributed by atoms with Gasteiger partial charge in [-0.2, -0.15) is 0 Å². The topological polar surface area (TPSA) is 153 Å². The Balaban J connectivity index is 1.51. The highest BCUT2D eigenvalue weighted by Crippen LogP contribution is 2.34. The van der Waals surface area contributed by atoms with Gasteiger partial charge in [-0.15, -0.1) is 0 Å². The Labute approximate surface area is 230 Å². The molecule has 0 atom stereocenters. The summed E-state index contributed by atoms with van der Waals surface area (Å²) in [6.07, 6.45) is 4.43. The van der Waals surface area contributed by atoms with Crippen molar-refractivity contribution in [2.75, 3.05) is 18.8 Å². The quantitative estimate of drug-likeness (QED) is 0.202. The second-order valence-corrected chi connectivity index (χ2v) is 9.40. The molecule has 0 unspecified atom stereocenters. The molecule has 3 heterocycles. The number of aryl methyl sites for hydroxylation is 1. The van der Waals surface area contributed by atoms with Gasteiger partial charge in [0.25, 0.3) is 11.8 Å². The summed E-state index contributed by atoms with van der Waals surface area (Å²) in [6.45, 7) is 4.03. The van der Waals surface area contributed by atoms with Gasteiger partial charge in [0.05, 0.1) is 16.8 Å². The molecule has 0 saturated heterocycles. The number of hydrogen-bond donors (Lipinski definition) is 3. The highest BCUT2D eigenvalue weighted by Gasteiger charge is 2.28. The Bertz CT molecular complexity index is 1740. The van der Waals surface area contributed by atoms with Crippen LogP contribution in [0.3, 0.4) is 0 Å². The van der Waals surface area contributed by atoms with E-state index in [2.05, 4.69) is 20.6 Å². The first-order valence-electron chi connectivity index (χ1n) is 12.9. The van der Waals surface area contributed by atoms with Crippen LogP contribution in [0.1, 0.15) is 43.2 Å². The molecule has 10 nitrogen and oxygen atoms in total. The molecule has 3 aromatic rings. The van der Waals surface area contributed by atoms with Crippen LogP contribution in [0.4, 0.5) is 5.69 Å². The zero-order valence-corrected chi connectivity index (χ0v) is 22.2. The highest BCUT2D eigenvalue weighted by molar-refractivity contribution is 6.08. The number of carbonyl (C=O) groups is 2. The first-order valence-corrected chi connectivity index (χ1v) is 12.9. The van der Waals surface area contributed by atoms with E-state index < -0.39 is 11.3 Å². The molecule has 2 aliphatic rings. The lowest BCUT2D eigenvalue weighted by Gasteiger charge is -2.17. The number of rotatable bonds is 8. The molecule has 0 spiro atoms. The molecule has 0 radical (unpaired) electrons. The molecule has 1 aromatic carbocycles. The summed E-state index contributed by atoms with van der Waals surface area (Å²) in [7, 11) is 0. The molecule has 5 rings (SSSR count). The Morgan fingerprint density at radius 2 is 1.50 bits per heavy atom. The van der Waals surface area contributed by atoms with Gasteiger partial charge in [0.1, 0.15) is 11.2 Å². The molecule has 0 fully saturated rings. The number of aromatic nitrogens is 3. The number of nitrogens with zero attached hydrogens (tertiary/aromatic N) is 3. The van der Waals surface area contributed by atoms with Crippen LogP contribution >= 0.6 is 0 Å². The van der Waals surface area contributed by atoms with Crippen molar-refractivity contribution in [2.24, 2.45) is 0 Å². The fourth-order valence-corrected chi connectivity index (χ4v) is 4.49. The van der Waals surface area contributed by atoms with Crippen molar-refractivity contribution in [1.82, 2.24) is 25.6 Å². The molecule has 40 heavy (non-hydrogen) atoms. The predicted octanol–water partition coefficient (Wildman–Crippen LogP) is 3.23. The molecule has 2 aromatic heterocycles. The maximum atomic E-state index is 13.3. The number of carbonyl (C=O) groups excluding carboxylic acids is 2. The number of nitrogens with two attached hydrogens (primary N) is 1. The van der Waals surface area contributed by atoms with Crippen LogP contribution in [0.5, 0.6) is 0 Å². The van der Waals surface area contributed by atoms with Gasteiger partial charge in [-0.05, 0) is 49.7 Å². The molecule has 4 N–H and O–H groups in total. The first-order chi connectivity index (χ1) is 19.3. The summed E-state index contributed by atoms with van der Waals surface area (Å²) in [4.78, 5) is 52.7. The summed E-state index contributed by atoms with van der Waals surface area (Å²) in [5.74, 6) is -0.765. The standard InChI is InChI=1S/C30H28N6O4/c1-17-9-10-21(29(38)34-15-11-19-7-3-5-13-32-19)24-27(17)40-28-18(2)26(37)23(31)22(25(28)36-24)30(39)35-16-12-20-8-4-6-14-33-20/h3-10,13-14H,11-12,15-16,31H2,1-2H3,(H,34,38)(H,35,39). The molecule has 10 heteroatoms. The summed E-state index contributed by atoms with van der Waals surface area (Å²) in [6, 6.07) is 14.6. The molecule has 1 aliphatic carbocycles. The van der Waals surface area contributed by atoms with E-state index in [1.807, 2.05) is 43.3 Å². The van der Waals surface area contributed by atoms with Gasteiger partial charge in [-0.25, -0.2) is 4.98 Å². The van der Waals surface area contributed by atoms with E-state index in [1.165, 1.54) is 0 Å². The Morgan fingerprint density at radius 3 is 2.10 bits per heavy atom. The van der Waals surface area contributed by atoms with Gasteiger partial charge in [-0.1, -0.05) is 18.2 Å². The Morgan fingerprint density at radius 1 is 0.875 bits per heavy atom. The summed E-state index contributed by atoms with van der Waals surface area (Å²) >= 11 is 0. The van der Waals surface area contributed by atoms with E-state index in [1.54, 1.807) is 31.5 Å². The molecular weight excluding hydrogens is 508 g/mol. The number of nitrogens with one attached hydrogen (secondary N) is 2. The van der Waals surface area contributed by atoms with E-state index in [0.717, 1.165) is 17.0 Å². The van der Waals surface area contributed by atoms with Gasteiger partial charge < -0.3 is 20.8 Å². The number of benzene rings is 2. The number of anilines is 1.